The average molecular weight is 324 g/mol. The Balaban J connectivity index is 4.06. The first-order chi connectivity index (χ1) is 9.61. The third-order valence-electron chi connectivity index (χ3n) is 2.46. The van der Waals surface area contributed by atoms with E-state index in [1.165, 1.54) is 0 Å². The fourth-order valence-corrected chi connectivity index (χ4v) is 2.13. The zero-order valence-corrected chi connectivity index (χ0v) is 12.5. The van der Waals surface area contributed by atoms with E-state index in [2.05, 4.69) is 10.6 Å². The van der Waals surface area contributed by atoms with Crippen LogP contribution < -0.4 is 10.6 Å². The van der Waals surface area contributed by atoms with Gasteiger partial charge in [0, 0.05) is 19.2 Å². The molecule has 0 aliphatic rings. The first-order valence-corrected chi connectivity index (χ1v) is 8.34. The molecule has 0 fully saturated rings. The molecule has 0 radical (unpaired) electrons. The van der Waals surface area contributed by atoms with Gasteiger partial charge < -0.3 is 20.8 Å². The maximum atomic E-state index is 11.4. The predicted octanol–water partition coefficient (Wildman–Crippen LogP) is -0.572. The van der Waals surface area contributed by atoms with Crippen LogP contribution in [0.2, 0.25) is 0 Å². The van der Waals surface area contributed by atoms with Gasteiger partial charge in [0.1, 0.15) is 15.9 Å². The smallest absolute Gasteiger partial charge is 0.326 e. The number of carbonyl (C=O) groups is 3. The van der Waals surface area contributed by atoms with Crippen LogP contribution in [0.4, 0.5) is 4.79 Å². The number of hydrogen-bond acceptors (Lipinski definition) is 5. The Bertz CT molecular complexity index is 475. The minimum atomic E-state index is -3.10. The van der Waals surface area contributed by atoms with Crippen molar-refractivity contribution in [2.75, 3.05) is 18.6 Å². The SMILES string of the molecule is CS(=O)(=O)CCCNC(=O)N[C@H](CCCC(=O)O)C(=O)O. The summed E-state index contributed by atoms with van der Waals surface area (Å²) in [5.41, 5.74) is 0. The van der Waals surface area contributed by atoms with Gasteiger partial charge >= 0.3 is 18.0 Å². The maximum absolute atomic E-state index is 11.4. The number of aliphatic carboxylic acids is 2. The monoisotopic (exact) mass is 324 g/mol. The Hall–Kier alpha value is -1.84. The zero-order chi connectivity index (χ0) is 16.5. The lowest BCUT2D eigenvalue weighted by atomic mass is 10.1. The molecule has 0 aromatic carbocycles. The van der Waals surface area contributed by atoms with E-state index in [4.69, 9.17) is 10.2 Å². The van der Waals surface area contributed by atoms with Gasteiger partial charge in [-0.3, -0.25) is 4.79 Å². The van der Waals surface area contributed by atoms with E-state index in [1.54, 1.807) is 0 Å². The normalized spacial score (nSPS) is 12.4. The highest BCUT2D eigenvalue weighted by molar-refractivity contribution is 7.90. The Labute approximate surface area is 122 Å². The van der Waals surface area contributed by atoms with E-state index < -0.39 is 33.8 Å². The summed E-state index contributed by atoms with van der Waals surface area (Å²) in [4.78, 5) is 32.7. The number of carboxylic acid groups (broad SMARTS) is 2. The highest BCUT2D eigenvalue weighted by Gasteiger charge is 2.19. The van der Waals surface area contributed by atoms with Crippen molar-refractivity contribution in [2.45, 2.75) is 31.7 Å². The van der Waals surface area contributed by atoms with Crippen LogP contribution in [0.1, 0.15) is 25.7 Å². The molecule has 4 N–H and O–H groups in total. The third-order valence-corrected chi connectivity index (χ3v) is 3.49. The van der Waals surface area contributed by atoms with Crippen LogP contribution >= 0.6 is 0 Å². The van der Waals surface area contributed by atoms with Gasteiger partial charge in [-0.2, -0.15) is 0 Å². The number of nitrogens with one attached hydrogen (secondary N) is 2. The van der Waals surface area contributed by atoms with Crippen molar-refractivity contribution in [1.29, 1.82) is 0 Å². The van der Waals surface area contributed by atoms with Crippen molar-refractivity contribution in [1.82, 2.24) is 10.6 Å². The molecule has 122 valence electrons. The molecule has 2 amide bonds. The molecule has 1 atom stereocenters. The summed E-state index contributed by atoms with van der Waals surface area (Å²) in [6, 6.07) is -1.91. The van der Waals surface area contributed by atoms with Crippen molar-refractivity contribution < 1.29 is 33.0 Å². The molecule has 9 nitrogen and oxygen atoms in total. The molecule has 0 unspecified atom stereocenters. The van der Waals surface area contributed by atoms with E-state index in [1.807, 2.05) is 0 Å². The summed E-state index contributed by atoms with van der Waals surface area (Å²) in [5, 5.41) is 21.9. The molecule has 0 aliphatic carbocycles. The number of carbonyl (C=O) groups excluding carboxylic acids is 1. The van der Waals surface area contributed by atoms with Gasteiger partial charge in [-0.05, 0) is 19.3 Å². The molecule has 0 aliphatic heterocycles. The summed E-state index contributed by atoms with van der Waals surface area (Å²) >= 11 is 0. The summed E-state index contributed by atoms with van der Waals surface area (Å²) in [7, 11) is -3.10. The van der Waals surface area contributed by atoms with Crippen molar-refractivity contribution >= 4 is 27.8 Å². The molecule has 0 heterocycles. The first-order valence-electron chi connectivity index (χ1n) is 6.28. The quantitative estimate of drug-likeness (QED) is 0.393. The summed E-state index contributed by atoms with van der Waals surface area (Å²) in [5.74, 6) is -2.37. The number of amides is 2. The number of carboxylic acids is 2. The second kappa shape index (κ2) is 9.16. The summed E-state index contributed by atoms with van der Waals surface area (Å²) in [6.45, 7) is 0.0976. The van der Waals surface area contributed by atoms with E-state index in [0.717, 1.165) is 6.26 Å². The Morgan fingerprint density at radius 3 is 2.24 bits per heavy atom. The molecule has 10 heteroatoms. The molecular weight excluding hydrogens is 304 g/mol. The third kappa shape index (κ3) is 11.7. The van der Waals surface area contributed by atoms with E-state index in [-0.39, 0.29) is 38.0 Å². The minimum Gasteiger partial charge on any atom is -0.481 e. The fraction of sp³-hybridized carbons (Fsp3) is 0.727. The van der Waals surface area contributed by atoms with Crippen molar-refractivity contribution in [3.05, 3.63) is 0 Å². The van der Waals surface area contributed by atoms with Gasteiger partial charge in [-0.15, -0.1) is 0 Å². The lowest BCUT2D eigenvalue weighted by Crippen LogP contribution is -2.46. The Morgan fingerprint density at radius 2 is 1.76 bits per heavy atom. The van der Waals surface area contributed by atoms with E-state index >= 15 is 0 Å². The maximum Gasteiger partial charge on any atom is 0.326 e. The highest BCUT2D eigenvalue weighted by atomic mass is 32.2. The number of rotatable bonds is 10. The van der Waals surface area contributed by atoms with Crippen LogP contribution in [-0.4, -0.2) is 61.2 Å². The first kappa shape index (κ1) is 19.2. The van der Waals surface area contributed by atoms with Crippen LogP contribution in [0.15, 0.2) is 0 Å². The van der Waals surface area contributed by atoms with Crippen molar-refractivity contribution in [3.63, 3.8) is 0 Å². The Morgan fingerprint density at radius 1 is 1.14 bits per heavy atom. The van der Waals surface area contributed by atoms with Gasteiger partial charge in [0.2, 0.25) is 0 Å². The van der Waals surface area contributed by atoms with Gasteiger partial charge in [0.25, 0.3) is 0 Å². The minimum absolute atomic E-state index is 0.00159. The van der Waals surface area contributed by atoms with Gasteiger partial charge in [0.05, 0.1) is 5.75 Å². The van der Waals surface area contributed by atoms with Gasteiger partial charge in [-0.25, -0.2) is 18.0 Å². The zero-order valence-electron chi connectivity index (χ0n) is 11.7. The van der Waals surface area contributed by atoms with Gasteiger partial charge in [-0.1, -0.05) is 0 Å². The molecule has 0 saturated carbocycles. The van der Waals surface area contributed by atoms with E-state index in [9.17, 15) is 22.8 Å². The highest BCUT2D eigenvalue weighted by Crippen LogP contribution is 2.01. The summed E-state index contributed by atoms with van der Waals surface area (Å²) in [6.07, 6.45) is 1.25. The standard InChI is InChI=1S/C11H20N2O7S/c1-21(19,20)7-3-6-12-11(18)13-8(10(16)17)4-2-5-9(14)15/h8H,2-7H2,1H3,(H,14,15)(H,16,17)(H2,12,13,18)/t8-/m1/s1. The molecule has 0 rings (SSSR count). The molecule has 0 bridgehead atoms. The van der Waals surface area contributed by atoms with E-state index in [0.29, 0.717) is 0 Å². The number of sulfone groups is 1. The van der Waals surface area contributed by atoms with Gasteiger partial charge in [0.15, 0.2) is 0 Å². The van der Waals surface area contributed by atoms with Crippen LogP contribution in [0.3, 0.4) is 0 Å². The second-order valence-corrected chi connectivity index (χ2v) is 6.82. The summed E-state index contributed by atoms with van der Waals surface area (Å²) < 4.78 is 21.7. The van der Waals surface area contributed by atoms with Crippen LogP contribution in [-0.2, 0) is 19.4 Å². The molecule has 0 spiro atoms. The van der Waals surface area contributed by atoms with Crippen molar-refractivity contribution in [2.24, 2.45) is 0 Å². The topological polar surface area (TPSA) is 150 Å². The average Bonchev–Trinajstić information content (AvgIpc) is 2.31. The molecular formula is C11H20N2O7S. The number of urea groups is 1. The largest absolute Gasteiger partial charge is 0.481 e. The van der Waals surface area contributed by atoms with Crippen molar-refractivity contribution in [3.8, 4) is 0 Å². The van der Waals surface area contributed by atoms with Crippen LogP contribution in [0.5, 0.6) is 0 Å². The molecule has 0 saturated heterocycles. The molecule has 0 aromatic heterocycles. The predicted molar refractivity (Wildman–Crippen MR) is 73.8 cm³/mol. The lowest BCUT2D eigenvalue weighted by molar-refractivity contribution is -0.140. The molecule has 0 aromatic rings. The van der Waals surface area contributed by atoms with Crippen LogP contribution in [0.25, 0.3) is 0 Å². The Kier molecular flexibility index (Phi) is 8.36. The lowest BCUT2D eigenvalue weighted by Gasteiger charge is -2.14. The van der Waals surface area contributed by atoms with Crippen LogP contribution in [0, 0.1) is 0 Å². The molecule has 21 heavy (non-hydrogen) atoms. The fourth-order valence-electron chi connectivity index (χ4n) is 1.46. The second-order valence-electron chi connectivity index (χ2n) is 4.56. The number of hydrogen-bond donors (Lipinski definition) is 4.